The summed E-state index contributed by atoms with van der Waals surface area (Å²) in [6.07, 6.45) is 0. The molecular formula is C15H20N4O2. The summed E-state index contributed by atoms with van der Waals surface area (Å²) in [5, 5.41) is 9.90. The number of carbonyl (C=O) groups is 1. The molecule has 2 aromatic rings. The Morgan fingerprint density at radius 2 is 2.14 bits per heavy atom. The molecule has 1 aromatic carbocycles. The van der Waals surface area contributed by atoms with Crippen LogP contribution in [0.1, 0.15) is 34.3 Å². The molecule has 1 amide bonds. The number of hydrogen-bond donors (Lipinski definition) is 3. The van der Waals surface area contributed by atoms with Gasteiger partial charge in [0.25, 0.3) is 5.91 Å². The smallest absolute Gasteiger partial charge is 0.251 e. The second kappa shape index (κ2) is 6.30. The summed E-state index contributed by atoms with van der Waals surface area (Å²) in [5.74, 6) is 0.663. The fourth-order valence-corrected chi connectivity index (χ4v) is 2.05. The minimum Gasteiger partial charge on any atom is -0.397 e. The lowest BCUT2D eigenvalue weighted by Gasteiger charge is -2.11. The molecule has 0 bridgehead atoms. The zero-order valence-electron chi connectivity index (χ0n) is 12.5. The minimum absolute atomic E-state index is 0.113. The number of aryl methyl sites for hydroxylation is 2. The van der Waals surface area contributed by atoms with E-state index in [0.717, 1.165) is 22.7 Å². The second-order valence-corrected chi connectivity index (χ2v) is 4.82. The number of hydrogen-bond acceptors (Lipinski definition) is 5. The topological polar surface area (TPSA) is 93.2 Å². The van der Waals surface area contributed by atoms with Crippen molar-refractivity contribution >= 4 is 17.3 Å². The van der Waals surface area contributed by atoms with Crippen LogP contribution in [-0.4, -0.2) is 17.6 Å². The van der Waals surface area contributed by atoms with Crippen molar-refractivity contribution in [1.82, 2.24) is 10.5 Å². The highest BCUT2D eigenvalue weighted by Gasteiger charge is 2.11. The minimum atomic E-state index is -0.113. The van der Waals surface area contributed by atoms with Crippen molar-refractivity contribution in [2.24, 2.45) is 0 Å². The van der Waals surface area contributed by atoms with Crippen LogP contribution in [0.5, 0.6) is 0 Å². The van der Waals surface area contributed by atoms with Gasteiger partial charge in [-0.2, -0.15) is 0 Å². The number of nitrogens with two attached hydrogens (primary N) is 1. The molecule has 4 N–H and O–H groups in total. The second-order valence-electron chi connectivity index (χ2n) is 4.82. The quantitative estimate of drug-likeness (QED) is 0.734. The maximum absolute atomic E-state index is 11.8. The Morgan fingerprint density at radius 3 is 2.76 bits per heavy atom. The summed E-state index contributed by atoms with van der Waals surface area (Å²) in [6.45, 7) is 6.77. The van der Waals surface area contributed by atoms with E-state index in [1.54, 1.807) is 18.2 Å². The number of carbonyl (C=O) groups excluding carboxylic acids is 1. The maximum Gasteiger partial charge on any atom is 0.251 e. The molecular weight excluding hydrogens is 268 g/mol. The van der Waals surface area contributed by atoms with Crippen molar-refractivity contribution in [3.8, 4) is 0 Å². The summed E-state index contributed by atoms with van der Waals surface area (Å²) >= 11 is 0. The third-order valence-electron chi connectivity index (χ3n) is 3.29. The van der Waals surface area contributed by atoms with E-state index >= 15 is 0 Å². The fraction of sp³-hybridized carbons (Fsp3) is 0.333. The van der Waals surface area contributed by atoms with E-state index in [-0.39, 0.29) is 5.91 Å². The van der Waals surface area contributed by atoms with Crippen LogP contribution >= 0.6 is 0 Å². The first kappa shape index (κ1) is 14.9. The average molecular weight is 288 g/mol. The van der Waals surface area contributed by atoms with Gasteiger partial charge in [0.15, 0.2) is 0 Å². The molecule has 0 unspecified atom stereocenters. The van der Waals surface area contributed by atoms with Crippen molar-refractivity contribution in [2.75, 3.05) is 17.6 Å². The summed E-state index contributed by atoms with van der Waals surface area (Å²) in [5.41, 5.74) is 9.68. The van der Waals surface area contributed by atoms with Crippen LogP contribution in [0.2, 0.25) is 0 Å². The highest BCUT2D eigenvalue weighted by Crippen LogP contribution is 2.22. The molecule has 0 aliphatic carbocycles. The van der Waals surface area contributed by atoms with Gasteiger partial charge in [-0.25, -0.2) is 0 Å². The van der Waals surface area contributed by atoms with Crippen LogP contribution in [0, 0.1) is 13.8 Å². The number of anilines is 2. The summed E-state index contributed by atoms with van der Waals surface area (Å²) in [6, 6.07) is 5.18. The average Bonchev–Trinajstić information content (AvgIpc) is 2.77. The lowest BCUT2D eigenvalue weighted by Crippen LogP contribution is -2.22. The SMILES string of the molecule is CCNC(=O)c1ccc(N)c(NCc2c(C)noc2C)c1. The van der Waals surface area contributed by atoms with Gasteiger partial charge in [0.2, 0.25) is 0 Å². The number of aromatic nitrogens is 1. The van der Waals surface area contributed by atoms with Crippen molar-refractivity contribution in [2.45, 2.75) is 27.3 Å². The predicted molar refractivity (Wildman–Crippen MR) is 82.2 cm³/mol. The molecule has 6 heteroatoms. The molecule has 2 rings (SSSR count). The highest BCUT2D eigenvalue weighted by molar-refractivity contribution is 5.96. The molecule has 0 fully saturated rings. The van der Waals surface area contributed by atoms with Gasteiger partial charge in [-0.1, -0.05) is 5.16 Å². The molecule has 0 aliphatic rings. The molecule has 0 saturated carbocycles. The predicted octanol–water partition coefficient (Wildman–Crippen LogP) is 2.24. The van der Waals surface area contributed by atoms with Crippen LogP contribution in [0.3, 0.4) is 0 Å². The van der Waals surface area contributed by atoms with E-state index in [1.165, 1.54) is 0 Å². The number of amides is 1. The Labute approximate surface area is 123 Å². The Kier molecular flexibility index (Phi) is 4.47. The van der Waals surface area contributed by atoms with E-state index < -0.39 is 0 Å². The Bertz CT molecular complexity index is 630. The van der Waals surface area contributed by atoms with Crippen LogP contribution < -0.4 is 16.4 Å². The van der Waals surface area contributed by atoms with Crippen molar-refractivity contribution in [1.29, 1.82) is 0 Å². The van der Waals surface area contributed by atoms with E-state index in [1.807, 2.05) is 20.8 Å². The lowest BCUT2D eigenvalue weighted by atomic mass is 10.1. The van der Waals surface area contributed by atoms with Crippen molar-refractivity contribution < 1.29 is 9.32 Å². The zero-order valence-corrected chi connectivity index (χ0v) is 12.5. The fourth-order valence-electron chi connectivity index (χ4n) is 2.05. The normalized spacial score (nSPS) is 10.4. The monoisotopic (exact) mass is 288 g/mol. The molecule has 112 valence electrons. The van der Waals surface area contributed by atoms with Gasteiger partial charge in [0.05, 0.1) is 17.1 Å². The highest BCUT2D eigenvalue weighted by atomic mass is 16.5. The van der Waals surface area contributed by atoms with Crippen LogP contribution in [0.4, 0.5) is 11.4 Å². The van der Waals surface area contributed by atoms with Gasteiger partial charge in [-0.05, 0) is 39.0 Å². The first-order chi connectivity index (χ1) is 10.0. The van der Waals surface area contributed by atoms with Gasteiger partial charge in [0.1, 0.15) is 5.76 Å². The third kappa shape index (κ3) is 3.34. The third-order valence-corrected chi connectivity index (χ3v) is 3.29. The Hall–Kier alpha value is -2.50. The number of nitrogens with one attached hydrogen (secondary N) is 2. The van der Waals surface area contributed by atoms with Crippen molar-refractivity contribution in [3.63, 3.8) is 0 Å². The summed E-state index contributed by atoms with van der Waals surface area (Å²) in [4.78, 5) is 11.8. The van der Waals surface area contributed by atoms with Gasteiger partial charge in [0, 0.05) is 24.2 Å². The maximum atomic E-state index is 11.8. The summed E-state index contributed by atoms with van der Waals surface area (Å²) in [7, 11) is 0. The number of nitrogens with zero attached hydrogens (tertiary/aromatic N) is 1. The van der Waals surface area contributed by atoms with E-state index in [0.29, 0.717) is 24.3 Å². The van der Waals surface area contributed by atoms with Gasteiger partial charge in [-0.15, -0.1) is 0 Å². The molecule has 1 heterocycles. The zero-order chi connectivity index (χ0) is 15.4. The number of benzene rings is 1. The lowest BCUT2D eigenvalue weighted by molar-refractivity contribution is 0.0956. The largest absolute Gasteiger partial charge is 0.397 e. The van der Waals surface area contributed by atoms with Gasteiger partial charge < -0.3 is 20.9 Å². The summed E-state index contributed by atoms with van der Waals surface area (Å²) < 4.78 is 5.12. The molecule has 21 heavy (non-hydrogen) atoms. The standard InChI is InChI=1S/C15H20N4O2/c1-4-17-15(20)11-5-6-13(16)14(7-11)18-8-12-9(2)19-21-10(12)3/h5-7,18H,4,8,16H2,1-3H3,(H,17,20). The van der Waals surface area contributed by atoms with Gasteiger partial charge >= 0.3 is 0 Å². The molecule has 0 atom stereocenters. The van der Waals surface area contributed by atoms with E-state index in [2.05, 4.69) is 15.8 Å². The first-order valence-electron chi connectivity index (χ1n) is 6.86. The first-order valence-corrected chi connectivity index (χ1v) is 6.86. The number of nitrogen functional groups attached to an aromatic ring is 1. The van der Waals surface area contributed by atoms with Crippen LogP contribution in [-0.2, 0) is 6.54 Å². The molecule has 0 radical (unpaired) electrons. The van der Waals surface area contributed by atoms with E-state index in [4.69, 9.17) is 10.3 Å². The Morgan fingerprint density at radius 1 is 1.38 bits per heavy atom. The van der Waals surface area contributed by atoms with Gasteiger partial charge in [-0.3, -0.25) is 4.79 Å². The Balaban J connectivity index is 2.16. The molecule has 0 spiro atoms. The molecule has 0 saturated heterocycles. The molecule has 0 aliphatic heterocycles. The van der Waals surface area contributed by atoms with E-state index in [9.17, 15) is 4.79 Å². The van der Waals surface area contributed by atoms with Crippen LogP contribution in [0.15, 0.2) is 22.7 Å². The molecule has 6 nitrogen and oxygen atoms in total. The van der Waals surface area contributed by atoms with Crippen LogP contribution in [0.25, 0.3) is 0 Å². The number of rotatable bonds is 5. The van der Waals surface area contributed by atoms with Crippen molar-refractivity contribution in [3.05, 3.63) is 40.8 Å². The molecule has 1 aromatic heterocycles.